The molecule has 0 amide bonds. The minimum absolute atomic E-state index is 0.972. The first-order valence-corrected chi connectivity index (χ1v) is 7.99. The molecule has 0 atom stereocenters. The standard InChI is InChI=1S/C19H14N2S/c1-3-9-15(10-4-1)18-19(22-16-11-5-2-6-12-16)21-14-8-7-13-17(21)20-18/h1-14H. The number of hydrogen-bond donors (Lipinski definition) is 0. The summed E-state index contributed by atoms with van der Waals surface area (Å²) in [5.41, 5.74) is 3.14. The second-order valence-corrected chi connectivity index (χ2v) is 6.04. The van der Waals surface area contributed by atoms with Crippen LogP contribution in [0.3, 0.4) is 0 Å². The molecule has 2 aromatic heterocycles. The lowest BCUT2D eigenvalue weighted by molar-refractivity contribution is 1.05. The van der Waals surface area contributed by atoms with Gasteiger partial charge in [-0.3, -0.25) is 4.40 Å². The van der Waals surface area contributed by atoms with E-state index in [9.17, 15) is 0 Å². The molecule has 0 N–H and O–H groups in total. The molecule has 0 saturated heterocycles. The van der Waals surface area contributed by atoms with E-state index in [0.29, 0.717) is 0 Å². The van der Waals surface area contributed by atoms with Crippen molar-refractivity contribution in [1.82, 2.24) is 9.38 Å². The third-order valence-corrected chi connectivity index (χ3v) is 4.58. The number of pyridine rings is 1. The molecule has 0 unspecified atom stereocenters. The maximum absolute atomic E-state index is 4.82. The van der Waals surface area contributed by atoms with Gasteiger partial charge in [0.25, 0.3) is 0 Å². The van der Waals surface area contributed by atoms with E-state index in [2.05, 4.69) is 59.1 Å². The summed E-state index contributed by atoms with van der Waals surface area (Å²) in [5.74, 6) is 0. The minimum Gasteiger partial charge on any atom is -0.294 e. The zero-order valence-electron chi connectivity index (χ0n) is 11.9. The van der Waals surface area contributed by atoms with Crippen LogP contribution in [0, 0.1) is 0 Å². The molecule has 0 aliphatic carbocycles. The molecule has 22 heavy (non-hydrogen) atoms. The number of fused-ring (bicyclic) bond motifs is 1. The van der Waals surface area contributed by atoms with Gasteiger partial charge in [-0.05, 0) is 24.3 Å². The molecular formula is C19H14N2S. The summed E-state index contributed by atoms with van der Waals surface area (Å²) in [4.78, 5) is 6.03. The highest BCUT2D eigenvalue weighted by molar-refractivity contribution is 7.99. The van der Waals surface area contributed by atoms with Crippen molar-refractivity contribution in [2.75, 3.05) is 0 Å². The highest BCUT2D eigenvalue weighted by Gasteiger charge is 2.14. The Kier molecular flexibility index (Phi) is 3.41. The molecule has 0 aliphatic heterocycles. The van der Waals surface area contributed by atoms with Gasteiger partial charge >= 0.3 is 0 Å². The average Bonchev–Trinajstić information content (AvgIpc) is 2.95. The Balaban J connectivity index is 1.91. The van der Waals surface area contributed by atoms with Crippen molar-refractivity contribution < 1.29 is 0 Å². The largest absolute Gasteiger partial charge is 0.294 e. The first-order valence-electron chi connectivity index (χ1n) is 7.17. The van der Waals surface area contributed by atoms with Crippen molar-refractivity contribution in [2.24, 2.45) is 0 Å². The molecule has 0 fully saturated rings. The number of hydrogen-bond acceptors (Lipinski definition) is 2. The number of rotatable bonds is 3. The number of benzene rings is 2. The highest BCUT2D eigenvalue weighted by Crippen LogP contribution is 2.36. The van der Waals surface area contributed by atoms with Crippen molar-refractivity contribution in [3.8, 4) is 11.3 Å². The predicted molar refractivity (Wildman–Crippen MR) is 91.2 cm³/mol. The van der Waals surface area contributed by atoms with Gasteiger partial charge in [0.05, 0.1) is 0 Å². The Hall–Kier alpha value is -2.52. The first-order chi connectivity index (χ1) is 10.9. The van der Waals surface area contributed by atoms with E-state index in [0.717, 1.165) is 21.9 Å². The van der Waals surface area contributed by atoms with E-state index in [1.54, 1.807) is 11.8 Å². The molecule has 2 aromatic carbocycles. The minimum atomic E-state index is 0.972. The predicted octanol–water partition coefficient (Wildman–Crippen LogP) is 5.15. The second kappa shape index (κ2) is 5.70. The first kappa shape index (κ1) is 13.2. The average molecular weight is 302 g/mol. The number of imidazole rings is 1. The van der Waals surface area contributed by atoms with Crippen molar-refractivity contribution in [2.45, 2.75) is 9.92 Å². The van der Waals surface area contributed by atoms with Crippen LogP contribution < -0.4 is 0 Å². The van der Waals surface area contributed by atoms with Crippen LogP contribution in [0.2, 0.25) is 0 Å². The topological polar surface area (TPSA) is 17.3 Å². The molecule has 0 spiro atoms. The van der Waals surface area contributed by atoms with E-state index < -0.39 is 0 Å². The van der Waals surface area contributed by atoms with E-state index in [1.165, 1.54) is 4.90 Å². The van der Waals surface area contributed by atoms with Gasteiger partial charge in [0.1, 0.15) is 16.4 Å². The van der Waals surface area contributed by atoms with Crippen LogP contribution in [0.4, 0.5) is 0 Å². The van der Waals surface area contributed by atoms with E-state index >= 15 is 0 Å². The lowest BCUT2D eigenvalue weighted by atomic mass is 10.2. The van der Waals surface area contributed by atoms with Gasteiger partial charge in [-0.25, -0.2) is 4.98 Å². The molecule has 0 radical (unpaired) electrons. The van der Waals surface area contributed by atoms with Crippen LogP contribution in [-0.2, 0) is 0 Å². The maximum Gasteiger partial charge on any atom is 0.138 e. The molecule has 0 saturated carbocycles. The summed E-state index contributed by atoms with van der Waals surface area (Å²) in [6.07, 6.45) is 2.07. The lowest BCUT2D eigenvalue weighted by Crippen LogP contribution is -1.86. The summed E-state index contributed by atoms with van der Waals surface area (Å²) < 4.78 is 2.15. The Labute approximate surface area is 133 Å². The van der Waals surface area contributed by atoms with Gasteiger partial charge in [-0.2, -0.15) is 0 Å². The molecule has 4 aromatic rings. The number of nitrogens with zero attached hydrogens (tertiary/aromatic N) is 2. The van der Waals surface area contributed by atoms with Gasteiger partial charge in [-0.15, -0.1) is 0 Å². The quantitative estimate of drug-likeness (QED) is 0.520. The van der Waals surface area contributed by atoms with Crippen LogP contribution in [0.1, 0.15) is 0 Å². The summed E-state index contributed by atoms with van der Waals surface area (Å²) in [6.45, 7) is 0. The van der Waals surface area contributed by atoms with Crippen LogP contribution >= 0.6 is 11.8 Å². The second-order valence-electron chi connectivity index (χ2n) is 4.98. The number of aromatic nitrogens is 2. The molecule has 2 nitrogen and oxygen atoms in total. The molecule has 106 valence electrons. The van der Waals surface area contributed by atoms with Gasteiger partial charge < -0.3 is 0 Å². The molecule has 0 bridgehead atoms. The SMILES string of the molecule is c1ccc(Sc2c(-c3ccccc3)nc3ccccn23)cc1. The molecule has 4 rings (SSSR count). The van der Waals surface area contributed by atoms with Crippen molar-refractivity contribution >= 4 is 17.4 Å². The molecular weight excluding hydrogens is 288 g/mol. The summed E-state index contributed by atoms with van der Waals surface area (Å²) in [6, 6.07) is 26.9. The molecule has 2 heterocycles. The maximum atomic E-state index is 4.82. The third-order valence-electron chi connectivity index (χ3n) is 3.49. The van der Waals surface area contributed by atoms with Crippen molar-refractivity contribution in [1.29, 1.82) is 0 Å². The zero-order valence-corrected chi connectivity index (χ0v) is 12.7. The Morgan fingerprint density at radius 2 is 1.41 bits per heavy atom. The normalized spacial score (nSPS) is 10.9. The summed E-state index contributed by atoms with van der Waals surface area (Å²) in [5, 5.41) is 1.15. The van der Waals surface area contributed by atoms with Gasteiger partial charge in [0.15, 0.2) is 0 Å². The van der Waals surface area contributed by atoms with Crippen molar-refractivity contribution in [3.05, 3.63) is 85.1 Å². The Morgan fingerprint density at radius 1 is 0.727 bits per heavy atom. The monoisotopic (exact) mass is 302 g/mol. The van der Waals surface area contributed by atoms with Gasteiger partial charge in [0, 0.05) is 16.7 Å². The van der Waals surface area contributed by atoms with Gasteiger partial charge in [0.2, 0.25) is 0 Å². The fraction of sp³-hybridized carbons (Fsp3) is 0. The van der Waals surface area contributed by atoms with Gasteiger partial charge in [-0.1, -0.05) is 66.4 Å². The van der Waals surface area contributed by atoms with Crippen LogP contribution in [-0.4, -0.2) is 9.38 Å². The fourth-order valence-electron chi connectivity index (χ4n) is 2.46. The third kappa shape index (κ3) is 2.40. The van der Waals surface area contributed by atoms with E-state index in [1.807, 2.05) is 30.3 Å². The van der Waals surface area contributed by atoms with Crippen LogP contribution in [0.5, 0.6) is 0 Å². The summed E-state index contributed by atoms with van der Waals surface area (Å²) in [7, 11) is 0. The fourth-order valence-corrected chi connectivity index (χ4v) is 3.48. The summed E-state index contributed by atoms with van der Waals surface area (Å²) >= 11 is 1.75. The zero-order chi connectivity index (χ0) is 14.8. The lowest BCUT2D eigenvalue weighted by Gasteiger charge is -2.05. The van der Waals surface area contributed by atoms with E-state index in [4.69, 9.17) is 4.98 Å². The molecule has 0 aliphatic rings. The van der Waals surface area contributed by atoms with Crippen LogP contribution in [0.15, 0.2) is 95.0 Å². The van der Waals surface area contributed by atoms with Crippen molar-refractivity contribution in [3.63, 3.8) is 0 Å². The Bertz CT molecular complexity index is 899. The van der Waals surface area contributed by atoms with E-state index in [-0.39, 0.29) is 0 Å². The molecule has 3 heteroatoms. The smallest absolute Gasteiger partial charge is 0.138 e. The Morgan fingerprint density at radius 3 is 2.18 bits per heavy atom. The highest BCUT2D eigenvalue weighted by atomic mass is 32.2. The van der Waals surface area contributed by atoms with Crippen LogP contribution in [0.25, 0.3) is 16.9 Å².